The molecule has 0 saturated carbocycles. The van der Waals surface area contributed by atoms with Crippen LogP contribution in [0.2, 0.25) is 0 Å². The van der Waals surface area contributed by atoms with Crippen LogP contribution in [0.25, 0.3) is 160 Å². The maximum Gasteiger partial charge on any atom is 0.166 e. The number of hydrogen-bond acceptors (Lipinski definition) is 4. The third-order valence-electron chi connectivity index (χ3n) is 16.3. The average Bonchev–Trinajstić information content (AvgIpc) is 4.41. The third kappa shape index (κ3) is 6.64. The summed E-state index contributed by atoms with van der Waals surface area (Å²) in [7, 11) is 0. The van der Waals surface area contributed by atoms with Crippen molar-refractivity contribution in [2.75, 3.05) is 0 Å². The summed E-state index contributed by atoms with van der Waals surface area (Å²) in [6.45, 7) is 0. The molecular weight excluding hydrogens is 977 g/mol. The van der Waals surface area contributed by atoms with Gasteiger partial charge in [0.2, 0.25) is 0 Å². The Bertz CT molecular complexity index is 5200. The molecule has 0 spiro atoms. The Labute approximate surface area is 458 Å². The summed E-state index contributed by atoms with van der Waals surface area (Å²) < 4.78 is 13.6. The van der Waals surface area contributed by atoms with Gasteiger partial charge in [0, 0.05) is 76.7 Å². The smallest absolute Gasteiger partial charge is 0.166 e. The largest absolute Gasteiger partial charge is 0.456 e. The van der Waals surface area contributed by atoms with Crippen molar-refractivity contribution in [3.05, 3.63) is 267 Å². The van der Waals surface area contributed by atoms with Crippen LogP contribution in [0.3, 0.4) is 0 Å². The number of nitrogens with zero attached hydrogens (tertiary/aromatic N) is 6. The lowest BCUT2D eigenvalue weighted by atomic mass is 9.98. The Balaban J connectivity index is 0.977. The first-order valence-electron chi connectivity index (χ1n) is 27.1. The molecule has 5 aromatic heterocycles. The van der Waals surface area contributed by atoms with Crippen molar-refractivity contribution in [2.45, 2.75) is 0 Å². The molecule has 17 aromatic rings. The molecule has 0 bridgehead atoms. The number of hydrogen-bond donors (Lipinski definition) is 0. The zero-order valence-corrected chi connectivity index (χ0v) is 43.0. The van der Waals surface area contributed by atoms with Crippen LogP contribution in [0.1, 0.15) is 0 Å². The molecule has 12 aromatic carbocycles. The van der Waals surface area contributed by atoms with E-state index in [0.29, 0.717) is 17.5 Å². The van der Waals surface area contributed by atoms with Gasteiger partial charge >= 0.3 is 0 Å². The van der Waals surface area contributed by atoms with Crippen molar-refractivity contribution < 1.29 is 4.42 Å². The van der Waals surface area contributed by atoms with E-state index in [1.54, 1.807) is 0 Å². The Kier molecular flexibility index (Phi) is 9.58. The monoisotopic (exact) mass is 1020 g/mol. The second-order valence-corrected chi connectivity index (χ2v) is 20.7. The number of furan rings is 1. The van der Waals surface area contributed by atoms with E-state index in [2.05, 4.69) is 268 Å². The highest BCUT2D eigenvalue weighted by atomic mass is 16.3. The van der Waals surface area contributed by atoms with E-state index in [4.69, 9.17) is 19.4 Å². The fourth-order valence-electron chi connectivity index (χ4n) is 12.7. The zero-order valence-electron chi connectivity index (χ0n) is 43.0. The molecule has 0 saturated heterocycles. The lowest BCUT2D eigenvalue weighted by Crippen LogP contribution is -2.04. The molecule has 0 atom stereocenters. The van der Waals surface area contributed by atoms with Gasteiger partial charge < -0.3 is 18.1 Å². The highest BCUT2D eigenvalue weighted by Crippen LogP contribution is 2.44. The number of rotatable bonds is 7. The van der Waals surface area contributed by atoms with Gasteiger partial charge in [-0.3, -0.25) is 0 Å². The molecule has 0 aliphatic carbocycles. The normalized spacial score (nSPS) is 12.0. The molecule has 0 fully saturated rings. The first-order chi connectivity index (χ1) is 39.7. The highest BCUT2D eigenvalue weighted by molar-refractivity contribution is 6.17. The quantitative estimate of drug-likeness (QED) is 0.160. The lowest BCUT2D eigenvalue weighted by molar-refractivity contribution is 0.669. The van der Waals surface area contributed by atoms with Crippen molar-refractivity contribution in [3.8, 4) is 62.4 Å². The van der Waals surface area contributed by atoms with Crippen LogP contribution >= 0.6 is 0 Å². The predicted octanol–water partition coefficient (Wildman–Crippen LogP) is 18.9. The van der Waals surface area contributed by atoms with Gasteiger partial charge in [-0.1, -0.05) is 164 Å². The van der Waals surface area contributed by atoms with Crippen molar-refractivity contribution in [2.24, 2.45) is 0 Å². The van der Waals surface area contributed by atoms with Crippen LogP contribution in [-0.4, -0.2) is 28.7 Å². The second-order valence-electron chi connectivity index (χ2n) is 20.7. The van der Waals surface area contributed by atoms with Gasteiger partial charge in [-0.15, -0.1) is 0 Å². The van der Waals surface area contributed by atoms with Crippen LogP contribution < -0.4 is 0 Å². The molecule has 7 heteroatoms. The van der Waals surface area contributed by atoms with Gasteiger partial charge in [-0.05, 0) is 119 Å². The van der Waals surface area contributed by atoms with Crippen LogP contribution in [0, 0.1) is 0 Å². The number of fused-ring (bicyclic) bond motifs is 13. The summed E-state index contributed by atoms with van der Waals surface area (Å²) in [5, 5.41) is 11.4. The van der Waals surface area contributed by atoms with Gasteiger partial charge in [-0.2, -0.15) is 0 Å². The van der Waals surface area contributed by atoms with Gasteiger partial charge in [0.1, 0.15) is 11.2 Å². The van der Waals surface area contributed by atoms with Crippen LogP contribution in [0.5, 0.6) is 0 Å². The zero-order chi connectivity index (χ0) is 52.4. The molecule has 0 radical (unpaired) electrons. The van der Waals surface area contributed by atoms with E-state index in [9.17, 15) is 0 Å². The van der Waals surface area contributed by atoms with E-state index >= 15 is 0 Å². The molecule has 0 aliphatic heterocycles. The maximum absolute atomic E-state index is 6.44. The molecule has 0 N–H and O–H groups in total. The standard InChI is InChI=1S/C73H44N6O/c1-3-21-49(22-4-1)77-62-33-13-9-25-51(62)55-29-17-31-57(69(55)77)72-74-71(75-73(76-72)58-32-18-30-56-52-26-10-14-34-63(52)78(70(56)58)50-23-5-2-6-24-50)48-37-39-65(59(43-48)47-38-40-68-61(42-47)54-28-12-16-36-67(54)80-68)79-64-35-15-11-27-53(64)60-41-45-19-7-8-20-46(45)44-66(60)79/h1-44H. The first-order valence-corrected chi connectivity index (χ1v) is 27.1. The third-order valence-corrected chi connectivity index (χ3v) is 16.3. The summed E-state index contributed by atoms with van der Waals surface area (Å²) in [6.07, 6.45) is 0. The molecule has 0 amide bonds. The number of benzene rings is 12. The molecule has 7 nitrogen and oxygen atoms in total. The molecule has 5 heterocycles. The number of para-hydroxylation sites is 8. The number of aromatic nitrogens is 6. The minimum atomic E-state index is 0.555. The van der Waals surface area contributed by atoms with E-state index in [1.807, 2.05) is 12.1 Å². The van der Waals surface area contributed by atoms with E-state index < -0.39 is 0 Å². The molecular formula is C73H44N6O. The fraction of sp³-hybridized carbons (Fsp3) is 0. The summed E-state index contributed by atoms with van der Waals surface area (Å²) >= 11 is 0. The predicted molar refractivity (Wildman–Crippen MR) is 329 cm³/mol. The second kappa shape index (κ2) is 17.3. The van der Waals surface area contributed by atoms with E-state index in [0.717, 1.165) is 121 Å². The van der Waals surface area contributed by atoms with Crippen LogP contribution in [-0.2, 0) is 0 Å². The average molecular weight is 1020 g/mol. The molecule has 372 valence electrons. The SMILES string of the molecule is c1ccc(-n2c3ccccc3c3cccc(-c4nc(-c5ccc(-n6c7ccccc7c7cc8ccccc8cc76)c(-c6ccc7oc8ccccc8c7c6)c5)nc(-c5cccc6c7ccccc7n(-c7ccccc7)c56)n4)c32)cc1. The van der Waals surface area contributed by atoms with Crippen molar-refractivity contribution in [3.63, 3.8) is 0 Å². The van der Waals surface area contributed by atoms with Gasteiger partial charge in [-0.25, -0.2) is 15.0 Å². The minimum absolute atomic E-state index is 0.555. The lowest BCUT2D eigenvalue weighted by Gasteiger charge is -2.17. The van der Waals surface area contributed by atoms with Gasteiger partial charge in [0.25, 0.3) is 0 Å². The van der Waals surface area contributed by atoms with E-state index in [-0.39, 0.29) is 0 Å². The molecule has 0 unspecified atom stereocenters. The summed E-state index contributed by atoms with van der Waals surface area (Å²) in [6, 6.07) is 95.2. The Morgan fingerprint density at radius 3 is 1.36 bits per heavy atom. The minimum Gasteiger partial charge on any atom is -0.456 e. The Hall–Kier alpha value is -10.9. The Morgan fingerprint density at radius 2 is 0.738 bits per heavy atom. The summed E-state index contributed by atoms with van der Waals surface area (Å²) in [4.78, 5) is 16.9. The van der Waals surface area contributed by atoms with Crippen molar-refractivity contribution >= 4 is 98.1 Å². The van der Waals surface area contributed by atoms with Gasteiger partial charge in [0.15, 0.2) is 17.5 Å². The van der Waals surface area contributed by atoms with Gasteiger partial charge in [0.05, 0.1) is 38.8 Å². The van der Waals surface area contributed by atoms with Crippen LogP contribution in [0.15, 0.2) is 271 Å². The van der Waals surface area contributed by atoms with Crippen molar-refractivity contribution in [1.29, 1.82) is 0 Å². The summed E-state index contributed by atoms with van der Waals surface area (Å²) in [5.41, 5.74) is 16.0. The Morgan fingerprint density at radius 1 is 0.263 bits per heavy atom. The molecule has 17 rings (SSSR count). The van der Waals surface area contributed by atoms with Crippen molar-refractivity contribution in [1.82, 2.24) is 28.7 Å². The summed E-state index contributed by atoms with van der Waals surface area (Å²) in [5.74, 6) is 1.70. The topological polar surface area (TPSA) is 66.6 Å². The highest BCUT2D eigenvalue weighted by Gasteiger charge is 2.25. The van der Waals surface area contributed by atoms with Crippen LogP contribution in [0.4, 0.5) is 0 Å². The fourth-order valence-corrected chi connectivity index (χ4v) is 12.7. The van der Waals surface area contributed by atoms with E-state index in [1.165, 1.54) is 21.5 Å². The molecule has 0 aliphatic rings. The maximum atomic E-state index is 6.44. The molecule has 80 heavy (non-hydrogen) atoms. The first kappa shape index (κ1) is 44.3.